The molecule has 1 atom stereocenters. The van der Waals surface area contributed by atoms with Crippen LogP contribution >= 0.6 is 11.3 Å². The first-order valence-electron chi connectivity index (χ1n) is 8.82. The summed E-state index contributed by atoms with van der Waals surface area (Å²) in [6.07, 6.45) is 3.07. The van der Waals surface area contributed by atoms with E-state index in [2.05, 4.69) is 6.92 Å². The molecule has 2 aromatic rings. The van der Waals surface area contributed by atoms with Crippen molar-refractivity contribution in [2.24, 2.45) is 5.92 Å². The largest absolute Gasteiger partial charge is 0.460 e. The Morgan fingerprint density at radius 1 is 1.33 bits per heavy atom. The zero-order valence-electron chi connectivity index (χ0n) is 14.8. The zero-order valence-corrected chi connectivity index (χ0v) is 16.4. The second kappa shape index (κ2) is 6.76. The van der Waals surface area contributed by atoms with Crippen LogP contribution in [0.15, 0.2) is 35.2 Å². The number of hydrogen-bond acceptors (Lipinski definition) is 6. The van der Waals surface area contributed by atoms with Gasteiger partial charge in [-0.05, 0) is 48.9 Å². The number of nitrogens with zero attached hydrogens (tertiary/aromatic N) is 1. The van der Waals surface area contributed by atoms with Crippen LogP contribution in [0, 0.1) is 5.92 Å². The second-order valence-electron chi connectivity index (χ2n) is 6.92. The van der Waals surface area contributed by atoms with Crippen LogP contribution in [0.4, 0.5) is 0 Å². The van der Waals surface area contributed by atoms with Gasteiger partial charge in [0.25, 0.3) is 15.9 Å². The lowest BCUT2D eigenvalue weighted by Crippen LogP contribution is -2.33. The fourth-order valence-electron chi connectivity index (χ4n) is 3.55. The van der Waals surface area contributed by atoms with Crippen molar-refractivity contribution in [3.8, 4) is 0 Å². The number of carbonyl (C=O) groups is 2. The number of aryl methyl sites for hydroxylation is 1. The molecule has 8 heteroatoms. The van der Waals surface area contributed by atoms with E-state index in [0.717, 1.165) is 23.6 Å². The summed E-state index contributed by atoms with van der Waals surface area (Å²) in [5.74, 6) is -0.435. The predicted octanol–water partition coefficient (Wildman–Crippen LogP) is 2.87. The molecule has 4 rings (SSSR count). The lowest BCUT2D eigenvalue weighted by atomic mass is 9.90. The first-order valence-corrected chi connectivity index (χ1v) is 11.1. The van der Waals surface area contributed by atoms with Crippen molar-refractivity contribution >= 4 is 33.2 Å². The van der Waals surface area contributed by atoms with Crippen molar-refractivity contribution in [2.45, 2.75) is 31.1 Å². The summed E-state index contributed by atoms with van der Waals surface area (Å²) in [5, 5.41) is 0. The van der Waals surface area contributed by atoms with Crippen LogP contribution in [-0.2, 0) is 27.6 Å². The molecule has 1 aromatic heterocycles. The summed E-state index contributed by atoms with van der Waals surface area (Å²) in [5.41, 5.74) is 1.36. The summed E-state index contributed by atoms with van der Waals surface area (Å²) in [6.45, 7) is 1.84. The molecular formula is C19H19NO5S2. The average molecular weight is 405 g/mol. The molecule has 6 nitrogen and oxygen atoms in total. The van der Waals surface area contributed by atoms with Gasteiger partial charge in [-0.2, -0.15) is 0 Å². The van der Waals surface area contributed by atoms with E-state index >= 15 is 0 Å². The number of carbonyl (C=O) groups excluding carboxylic acids is 2. The first kappa shape index (κ1) is 18.2. The van der Waals surface area contributed by atoms with Crippen LogP contribution in [0.1, 0.15) is 43.8 Å². The highest BCUT2D eigenvalue weighted by Gasteiger charge is 2.40. The molecule has 0 fully saturated rings. The monoisotopic (exact) mass is 405 g/mol. The van der Waals surface area contributed by atoms with Gasteiger partial charge in [0, 0.05) is 4.88 Å². The number of esters is 1. The number of hydrogen-bond donors (Lipinski definition) is 0. The molecule has 0 radical (unpaired) electrons. The summed E-state index contributed by atoms with van der Waals surface area (Å²) >= 11 is 1.44. The SMILES string of the molecule is C[C@H]1CCc2sc(C(=O)OCCN3C(=O)c4ccccc4S3(=O)=O)cc2C1. The Hall–Kier alpha value is -2.19. The topological polar surface area (TPSA) is 80.8 Å². The van der Waals surface area contributed by atoms with Gasteiger partial charge in [-0.1, -0.05) is 19.1 Å². The molecule has 2 heterocycles. The third-order valence-corrected chi connectivity index (χ3v) is 8.03. The smallest absolute Gasteiger partial charge is 0.348 e. The molecule has 27 heavy (non-hydrogen) atoms. The molecule has 1 aliphatic heterocycles. The van der Waals surface area contributed by atoms with Crippen molar-refractivity contribution in [1.29, 1.82) is 0 Å². The van der Waals surface area contributed by atoms with Gasteiger partial charge in [-0.3, -0.25) is 4.79 Å². The minimum atomic E-state index is -3.87. The molecule has 0 saturated heterocycles. The van der Waals surface area contributed by atoms with E-state index in [0.29, 0.717) is 10.8 Å². The van der Waals surface area contributed by atoms with Gasteiger partial charge in [-0.15, -0.1) is 11.3 Å². The summed E-state index contributed by atoms with van der Waals surface area (Å²) in [4.78, 5) is 26.4. The van der Waals surface area contributed by atoms with Crippen molar-refractivity contribution in [3.05, 3.63) is 51.2 Å². The molecule has 142 valence electrons. The van der Waals surface area contributed by atoms with E-state index in [4.69, 9.17) is 4.74 Å². The molecule has 0 spiro atoms. The van der Waals surface area contributed by atoms with Crippen LogP contribution in [-0.4, -0.2) is 37.8 Å². The molecule has 1 aliphatic carbocycles. The highest BCUT2D eigenvalue weighted by atomic mass is 32.2. The normalized spacial score (nSPS) is 20.3. The number of benzene rings is 1. The molecular weight excluding hydrogens is 386 g/mol. The Labute approximate surface area is 161 Å². The van der Waals surface area contributed by atoms with Gasteiger partial charge < -0.3 is 4.74 Å². The lowest BCUT2D eigenvalue weighted by Gasteiger charge is -2.16. The van der Waals surface area contributed by atoms with Crippen molar-refractivity contribution in [1.82, 2.24) is 4.31 Å². The number of amides is 1. The average Bonchev–Trinajstić information content (AvgIpc) is 3.14. The Morgan fingerprint density at radius 3 is 2.89 bits per heavy atom. The highest BCUT2D eigenvalue weighted by molar-refractivity contribution is 7.90. The molecule has 2 aliphatic rings. The third-order valence-electron chi connectivity index (χ3n) is 4.97. The Bertz CT molecular complexity index is 1020. The third kappa shape index (κ3) is 3.17. The van der Waals surface area contributed by atoms with Gasteiger partial charge in [0.2, 0.25) is 0 Å². The Morgan fingerprint density at radius 2 is 2.11 bits per heavy atom. The maximum Gasteiger partial charge on any atom is 0.348 e. The van der Waals surface area contributed by atoms with Crippen molar-refractivity contribution < 1.29 is 22.7 Å². The number of ether oxygens (including phenoxy) is 1. The minimum Gasteiger partial charge on any atom is -0.460 e. The predicted molar refractivity (Wildman–Crippen MR) is 100 cm³/mol. The number of rotatable bonds is 4. The molecule has 1 aromatic carbocycles. The molecule has 1 amide bonds. The summed E-state index contributed by atoms with van der Waals surface area (Å²) in [6, 6.07) is 7.97. The zero-order chi connectivity index (χ0) is 19.2. The van der Waals surface area contributed by atoms with Crippen LogP contribution in [0.25, 0.3) is 0 Å². The van der Waals surface area contributed by atoms with Gasteiger partial charge >= 0.3 is 5.97 Å². The van der Waals surface area contributed by atoms with Crippen LogP contribution < -0.4 is 0 Å². The maximum absolute atomic E-state index is 12.5. The number of fused-ring (bicyclic) bond motifs is 2. The molecule has 0 bridgehead atoms. The maximum atomic E-state index is 12.5. The van der Waals surface area contributed by atoms with Gasteiger partial charge in [0.05, 0.1) is 12.1 Å². The second-order valence-corrected chi connectivity index (χ2v) is 9.89. The van der Waals surface area contributed by atoms with E-state index in [9.17, 15) is 18.0 Å². The van der Waals surface area contributed by atoms with E-state index < -0.39 is 21.9 Å². The number of sulfonamides is 1. The summed E-state index contributed by atoms with van der Waals surface area (Å²) in [7, 11) is -3.87. The van der Waals surface area contributed by atoms with E-state index in [-0.39, 0.29) is 23.6 Å². The molecule has 0 N–H and O–H groups in total. The Balaban J connectivity index is 1.41. The molecule has 0 unspecified atom stereocenters. The molecule has 0 saturated carbocycles. The fraction of sp³-hybridized carbons (Fsp3) is 0.368. The summed E-state index contributed by atoms with van der Waals surface area (Å²) < 4.78 is 31.0. The van der Waals surface area contributed by atoms with E-state index in [1.165, 1.54) is 33.9 Å². The lowest BCUT2D eigenvalue weighted by molar-refractivity contribution is 0.0483. The standard InChI is InChI=1S/C19H19NO5S2/c1-12-6-7-15-13(10-12)11-16(26-15)19(22)25-9-8-20-18(21)14-4-2-3-5-17(14)27(20,23)24/h2-5,11-12H,6-10H2,1H3/t12-/m0/s1. The van der Waals surface area contributed by atoms with E-state index in [1.54, 1.807) is 12.1 Å². The quantitative estimate of drug-likeness (QED) is 0.731. The van der Waals surface area contributed by atoms with Crippen LogP contribution in [0.2, 0.25) is 0 Å². The van der Waals surface area contributed by atoms with Crippen LogP contribution in [0.3, 0.4) is 0 Å². The van der Waals surface area contributed by atoms with Crippen molar-refractivity contribution in [3.63, 3.8) is 0 Å². The first-order chi connectivity index (χ1) is 12.9. The fourth-order valence-corrected chi connectivity index (χ4v) is 6.21. The highest BCUT2D eigenvalue weighted by Crippen LogP contribution is 2.33. The Kier molecular flexibility index (Phi) is 4.55. The van der Waals surface area contributed by atoms with Gasteiger partial charge in [0.15, 0.2) is 0 Å². The van der Waals surface area contributed by atoms with Gasteiger partial charge in [-0.25, -0.2) is 17.5 Å². The van der Waals surface area contributed by atoms with Crippen LogP contribution in [0.5, 0.6) is 0 Å². The van der Waals surface area contributed by atoms with E-state index in [1.807, 2.05) is 6.07 Å². The van der Waals surface area contributed by atoms with Crippen molar-refractivity contribution in [2.75, 3.05) is 13.2 Å². The minimum absolute atomic E-state index is 0.00128. The number of thiophene rings is 1. The van der Waals surface area contributed by atoms with Gasteiger partial charge in [0.1, 0.15) is 16.4 Å².